The molecule has 0 aromatic heterocycles. The smallest absolute Gasteiger partial charge is 0.416 e. The highest BCUT2D eigenvalue weighted by Gasteiger charge is 2.34. The molecule has 1 rings (SSSR count). The number of benzene rings is 1. The van der Waals surface area contributed by atoms with Gasteiger partial charge in [-0.2, -0.15) is 13.2 Å². The molecule has 0 bridgehead atoms. The normalized spacial score (nSPS) is 15.2. The molecule has 1 unspecified atom stereocenters. The maximum absolute atomic E-state index is 12.3. The standard InChI is InChI=1S/C11H12F3NO2/c1-10(15,9(16)17-2)7-3-5-8(6-4-7)11(12,13)14/h3-6H,15H2,1-2H3. The number of nitrogens with two attached hydrogens (primary N) is 1. The summed E-state index contributed by atoms with van der Waals surface area (Å²) in [6.07, 6.45) is -4.41. The number of esters is 1. The highest BCUT2D eigenvalue weighted by Crippen LogP contribution is 2.30. The van der Waals surface area contributed by atoms with E-state index in [-0.39, 0.29) is 5.56 Å². The fourth-order valence-corrected chi connectivity index (χ4v) is 1.34. The minimum atomic E-state index is -4.41. The fraction of sp³-hybridized carbons (Fsp3) is 0.364. The van der Waals surface area contributed by atoms with Gasteiger partial charge in [0, 0.05) is 0 Å². The van der Waals surface area contributed by atoms with Crippen molar-refractivity contribution in [1.82, 2.24) is 0 Å². The molecule has 0 aliphatic heterocycles. The Morgan fingerprint density at radius 2 is 1.59 bits per heavy atom. The summed E-state index contributed by atoms with van der Waals surface area (Å²) in [4.78, 5) is 11.3. The zero-order chi connectivity index (χ0) is 13.3. The number of carbonyl (C=O) groups is 1. The number of halogens is 3. The largest absolute Gasteiger partial charge is 0.467 e. The lowest BCUT2D eigenvalue weighted by Crippen LogP contribution is -2.42. The van der Waals surface area contributed by atoms with Crippen molar-refractivity contribution in [2.75, 3.05) is 7.11 Å². The maximum Gasteiger partial charge on any atom is 0.416 e. The molecular formula is C11H12F3NO2. The number of hydrogen-bond acceptors (Lipinski definition) is 3. The second kappa shape index (κ2) is 4.37. The number of carbonyl (C=O) groups excluding carboxylic acids is 1. The Morgan fingerprint density at radius 3 is 1.94 bits per heavy atom. The molecule has 1 aromatic rings. The van der Waals surface area contributed by atoms with Crippen molar-refractivity contribution in [3.8, 4) is 0 Å². The van der Waals surface area contributed by atoms with E-state index in [9.17, 15) is 18.0 Å². The van der Waals surface area contributed by atoms with Gasteiger partial charge in [0.2, 0.25) is 0 Å². The maximum atomic E-state index is 12.3. The lowest BCUT2D eigenvalue weighted by molar-refractivity contribution is -0.146. The van der Waals surface area contributed by atoms with Crippen LogP contribution in [0, 0.1) is 0 Å². The third-order valence-corrected chi connectivity index (χ3v) is 2.42. The van der Waals surface area contributed by atoms with E-state index in [4.69, 9.17) is 5.73 Å². The summed E-state index contributed by atoms with van der Waals surface area (Å²) in [6.45, 7) is 1.38. The molecule has 0 fully saturated rings. The number of alkyl halides is 3. The first-order chi connectivity index (χ1) is 7.69. The fourth-order valence-electron chi connectivity index (χ4n) is 1.34. The molecule has 6 heteroatoms. The first-order valence-electron chi connectivity index (χ1n) is 4.74. The van der Waals surface area contributed by atoms with Gasteiger partial charge in [-0.15, -0.1) is 0 Å². The van der Waals surface area contributed by atoms with Gasteiger partial charge in [-0.25, -0.2) is 4.79 Å². The van der Waals surface area contributed by atoms with Crippen molar-refractivity contribution < 1.29 is 22.7 Å². The lowest BCUT2D eigenvalue weighted by Gasteiger charge is -2.22. The van der Waals surface area contributed by atoms with Gasteiger partial charge in [0.25, 0.3) is 0 Å². The molecule has 0 aliphatic carbocycles. The molecule has 0 spiro atoms. The van der Waals surface area contributed by atoms with E-state index in [1.54, 1.807) is 0 Å². The monoisotopic (exact) mass is 247 g/mol. The van der Waals surface area contributed by atoms with Crippen molar-refractivity contribution >= 4 is 5.97 Å². The van der Waals surface area contributed by atoms with Gasteiger partial charge in [0.05, 0.1) is 12.7 Å². The highest BCUT2D eigenvalue weighted by atomic mass is 19.4. The Bertz CT molecular complexity index is 410. The Labute approximate surface area is 96.4 Å². The van der Waals surface area contributed by atoms with E-state index >= 15 is 0 Å². The summed E-state index contributed by atoms with van der Waals surface area (Å²) in [5.41, 5.74) is 3.71. The van der Waals surface area contributed by atoms with Crippen LogP contribution in [0.5, 0.6) is 0 Å². The number of methoxy groups -OCH3 is 1. The van der Waals surface area contributed by atoms with Crippen LogP contribution in [0.3, 0.4) is 0 Å². The van der Waals surface area contributed by atoms with E-state index in [0.29, 0.717) is 0 Å². The summed E-state index contributed by atoms with van der Waals surface area (Å²) < 4.78 is 41.4. The van der Waals surface area contributed by atoms with E-state index in [0.717, 1.165) is 19.2 Å². The minimum Gasteiger partial charge on any atom is -0.467 e. The number of rotatable bonds is 2. The van der Waals surface area contributed by atoms with E-state index in [1.165, 1.54) is 19.1 Å². The molecule has 0 saturated carbocycles. The van der Waals surface area contributed by atoms with Crippen LogP contribution in [-0.2, 0) is 21.2 Å². The number of ether oxygens (including phenoxy) is 1. The topological polar surface area (TPSA) is 52.3 Å². The van der Waals surface area contributed by atoms with E-state index in [2.05, 4.69) is 4.74 Å². The molecule has 0 aliphatic rings. The zero-order valence-electron chi connectivity index (χ0n) is 9.34. The summed E-state index contributed by atoms with van der Waals surface area (Å²) in [6, 6.07) is 4.09. The van der Waals surface area contributed by atoms with E-state index < -0.39 is 23.2 Å². The Morgan fingerprint density at radius 1 is 1.18 bits per heavy atom. The van der Waals surface area contributed by atoms with Crippen LogP contribution in [0.1, 0.15) is 18.1 Å². The van der Waals surface area contributed by atoms with Gasteiger partial charge in [-0.1, -0.05) is 12.1 Å². The van der Waals surface area contributed by atoms with E-state index in [1.807, 2.05) is 0 Å². The predicted octanol–water partition coefficient (Wildman–Crippen LogP) is 2.05. The van der Waals surface area contributed by atoms with Crippen LogP contribution in [0.25, 0.3) is 0 Å². The third-order valence-electron chi connectivity index (χ3n) is 2.42. The van der Waals surface area contributed by atoms with Gasteiger partial charge < -0.3 is 10.5 Å². The molecular weight excluding hydrogens is 235 g/mol. The molecule has 0 amide bonds. The third kappa shape index (κ3) is 2.76. The Balaban J connectivity index is 3.07. The molecule has 94 valence electrons. The highest BCUT2D eigenvalue weighted by molar-refractivity contribution is 5.81. The average Bonchev–Trinajstić information content (AvgIpc) is 2.27. The SMILES string of the molecule is COC(=O)C(C)(N)c1ccc(C(F)(F)F)cc1. The molecule has 0 heterocycles. The van der Waals surface area contributed by atoms with Crippen LogP contribution < -0.4 is 5.73 Å². The lowest BCUT2D eigenvalue weighted by atomic mass is 9.92. The minimum absolute atomic E-state index is 0.261. The van der Waals surface area contributed by atoms with Crippen LogP contribution >= 0.6 is 0 Å². The van der Waals surface area contributed by atoms with Gasteiger partial charge in [-0.05, 0) is 24.6 Å². The number of hydrogen-bond donors (Lipinski definition) is 1. The van der Waals surface area contributed by atoms with Crippen LogP contribution in [-0.4, -0.2) is 13.1 Å². The molecule has 1 aromatic carbocycles. The summed E-state index contributed by atoms with van der Waals surface area (Å²) in [5, 5.41) is 0. The van der Waals surface area contributed by atoms with Crippen molar-refractivity contribution in [3.63, 3.8) is 0 Å². The average molecular weight is 247 g/mol. The Kier molecular flexibility index (Phi) is 3.47. The first-order valence-corrected chi connectivity index (χ1v) is 4.74. The second-order valence-electron chi connectivity index (χ2n) is 3.77. The van der Waals surface area contributed by atoms with Gasteiger partial charge in [-0.3, -0.25) is 0 Å². The van der Waals surface area contributed by atoms with Crippen molar-refractivity contribution in [3.05, 3.63) is 35.4 Å². The summed E-state index contributed by atoms with van der Waals surface area (Å²) >= 11 is 0. The van der Waals surface area contributed by atoms with Gasteiger partial charge in [0.15, 0.2) is 0 Å². The summed E-state index contributed by atoms with van der Waals surface area (Å²) in [7, 11) is 1.16. The second-order valence-corrected chi connectivity index (χ2v) is 3.77. The Hall–Kier alpha value is -1.56. The van der Waals surface area contributed by atoms with Crippen molar-refractivity contribution in [2.24, 2.45) is 5.73 Å². The molecule has 0 saturated heterocycles. The molecule has 0 radical (unpaired) electrons. The summed E-state index contributed by atoms with van der Waals surface area (Å²) in [5.74, 6) is -0.711. The molecule has 17 heavy (non-hydrogen) atoms. The quantitative estimate of drug-likeness (QED) is 0.814. The van der Waals surface area contributed by atoms with Crippen LogP contribution in [0.15, 0.2) is 24.3 Å². The van der Waals surface area contributed by atoms with Crippen LogP contribution in [0.2, 0.25) is 0 Å². The van der Waals surface area contributed by atoms with Crippen LogP contribution in [0.4, 0.5) is 13.2 Å². The van der Waals surface area contributed by atoms with Gasteiger partial charge in [0.1, 0.15) is 5.54 Å². The van der Waals surface area contributed by atoms with Crippen molar-refractivity contribution in [2.45, 2.75) is 18.6 Å². The van der Waals surface area contributed by atoms with Crippen molar-refractivity contribution in [1.29, 1.82) is 0 Å². The first kappa shape index (κ1) is 13.5. The zero-order valence-corrected chi connectivity index (χ0v) is 9.34. The molecule has 3 nitrogen and oxygen atoms in total. The predicted molar refractivity (Wildman–Crippen MR) is 55.0 cm³/mol. The molecule has 2 N–H and O–H groups in total. The molecule has 1 atom stereocenters. The van der Waals surface area contributed by atoms with Gasteiger partial charge >= 0.3 is 12.1 Å².